The maximum atomic E-state index is 12.8. The van der Waals surface area contributed by atoms with E-state index in [0.717, 1.165) is 12.1 Å². The molecule has 0 saturated carbocycles. The molecule has 0 aliphatic carbocycles. The Kier molecular flexibility index (Phi) is 4.84. The third kappa shape index (κ3) is 4.22. The zero-order chi connectivity index (χ0) is 19.8. The molecule has 0 saturated heterocycles. The lowest BCUT2D eigenvalue weighted by Crippen LogP contribution is -2.17. The van der Waals surface area contributed by atoms with Gasteiger partial charge in [-0.3, -0.25) is 9.59 Å². The number of anilines is 1. The first-order chi connectivity index (χ1) is 12.6. The number of hydrogen-bond acceptors (Lipinski definition) is 3. The average molecular weight is 397 g/mol. The average Bonchev–Trinajstić information content (AvgIpc) is 2.90. The number of rotatable bonds is 4. The quantitative estimate of drug-likeness (QED) is 0.615. The highest BCUT2D eigenvalue weighted by Gasteiger charge is 2.31. The Morgan fingerprint density at radius 2 is 1.78 bits per heavy atom. The van der Waals surface area contributed by atoms with Gasteiger partial charge in [0.25, 0.3) is 0 Å². The second-order valence-corrected chi connectivity index (χ2v) is 6.08. The van der Waals surface area contributed by atoms with E-state index in [9.17, 15) is 22.8 Å². The summed E-state index contributed by atoms with van der Waals surface area (Å²) in [6, 6.07) is 9.35. The summed E-state index contributed by atoms with van der Waals surface area (Å²) in [5.74, 6) is -1.33. The van der Waals surface area contributed by atoms with E-state index in [2.05, 4.69) is 15.0 Å². The van der Waals surface area contributed by atoms with Crippen molar-refractivity contribution in [2.45, 2.75) is 13.3 Å². The van der Waals surface area contributed by atoms with Crippen molar-refractivity contribution in [3.63, 3.8) is 0 Å². The molecule has 0 aliphatic rings. The van der Waals surface area contributed by atoms with Crippen molar-refractivity contribution in [3.8, 4) is 5.75 Å². The number of nitrogens with one attached hydrogen (secondary N) is 2. The van der Waals surface area contributed by atoms with E-state index in [-0.39, 0.29) is 22.9 Å². The lowest BCUT2D eigenvalue weighted by atomic mass is 10.1. The Labute approximate surface area is 156 Å². The van der Waals surface area contributed by atoms with Crippen molar-refractivity contribution in [2.24, 2.45) is 0 Å². The summed E-state index contributed by atoms with van der Waals surface area (Å²) in [4.78, 5) is 27.2. The summed E-state index contributed by atoms with van der Waals surface area (Å²) in [5, 5.41) is 3.62. The Bertz CT molecular complexity index is 1030. The van der Waals surface area contributed by atoms with Crippen LogP contribution < -0.4 is 10.1 Å². The summed E-state index contributed by atoms with van der Waals surface area (Å²) < 4.78 is 40.5. The van der Waals surface area contributed by atoms with Crippen LogP contribution >= 0.6 is 11.6 Å². The molecular formula is C18H12ClF3N2O3. The van der Waals surface area contributed by atoms with Crippen molar-refractivity contribution < 1.29 is 27.5 Å². The van der Waals surface area contributed by atoms with E-state index in [1.165, 1.54) is 19.1 Å². The van der Waals surface area contributed by atoms with Gasteiger partial charge in [-0.25, -0.2) is 0 Å². The minimum absolute atomic E-state index is 0.0898. The van der Waals surface area contributed by atoms with Gasteiger partial charge in [-0.2, -0.15) is 0 Å². The largest absolute Gasteiger partial charge is 0.573 e. The summed E-state index contributed by atoms with van der Waals surface area (Å²) in [7, 11) is 0. The van der Waals surface area contributed by atoms with Crippen LogP contribution in [0.5, 0.6) is 5.75 Å². The molecule has 0 fully saturated rings. The van der Waals surface area contributed by atoms with Gasteiger partial charge in [0.1, 0.15) is 11.4 Å². The number of H-pyrrole nitrogens is 1. The zero-order valence-corrected chi connectivity index (χ0v) is 14.5. The molecule has 1 amide bonds. The molecule has 3 rings (SSSR count). The fourth-order valence-electron chi connectivity index (χ4n) is 2.60. The first-order valence-electron chi connectivity index (χ1n) is 7.63. The number of alkyl halides is 3. The predicted octanol–water partition coefficient (Wildman–Crippen LogP) is 4.91. The third-order valence-electron chi connectivity index (χ3n) is 3.64. The van der Waals surface area contributed by atoms with Crippen molar-refractivity contribution >= 4 is 39.9 Å². The number of ether oxygens (including phenoxy) is 1. The maximum absolute atomic E-state index is 12.8. The molecule has 140 valence electrons. The van der Waals surface area contributed by atoms with E-state index < -0.39 is 17.9 Å². The number of halogens is 4. The molecule has 0 spiro atoms. The minimum atomic E-state index is -4.82. The Morgan fingerprint density at radius 3 is 2.37 bits per heavy atom. The van der Waals surface area contributed by atoms with Crippen LogP contribution in [0, 0.1) is 0 Å². The highest BCUT2D eigenvalue weighted by atomic mass is 35.5. The fraction of sp³-hybridized carbons (Fsp3) is 0.111. The van der Waals surface area contributed by atoms with Gasteiger partial charge in [-0.05, 0) is 42.5 Å². The number of ketones is 1. The molecule has 1 heterocycles. The molecule has 2 N–H and O–H groups in total. The Balaban J connectivity index is 2.01. The smallest absolute Gasteiger partial charge is 0.406 e. The Hall–Kier alpha value is -3.00. The number of amides is 1. The lowest BCUT2D eigenvalue weighted by Gasteiger charge is -2.09. The van der Waals surface area contributed by atoms with Crippen LogP contribution in [0.1, 0.15) is 23.0 Å². The monoisotopic (exact) mass is 396 g/mol. The van der Waals surface area contributed by atoms with Gasteiger partial charge in [0.05, 0.1) is 5.69 Å². The standard InChI is InChI=1S/C18H12ClF3N2O3/c1-9(25)23-15-13-7-4-11(19)8-14(13)24-16(15)17(26)10-2-5-12(6-3-10)27-18(20,21)22/h2-8,24H,1H3,(H,23,25). The number of aromatic nitrogens is 1. The highest BCUT2D eigenvalue weighted by Crippen LogP contribution is 2.32. The van der Waals surface area contributed by atoms with Gasteiger partial charge in [0.2, 0.25) is 11.7 Å². The molecule has 3 aromatic rings. The van der Waals surface area contributed by atoms with Crippen LogP contribution in [-0.4, -0.2) is 23.0 Å². The first-order valence-corrected chi connectivity index (χ1v) is 8.01. The second kappa shape index (κ2) is 6.96. The Morgan fingerprint density at radius 1 is 1.11 bits per heavy atom. The van der Waals surface area contributed by atoms with Crippen molar-refractivity contribution in [2.75, 3.05) is 5.32 Å². The maximum Gasteiger partial charge on any atom is 0.573 e. The van der Waals surface area contributed by atoms with Crippen molar-refractivity contribution in [1.29, 1.82) is 0 Å². The van der Waals surface area contributed by atoms with E-state index in [4.69, 9.17) is 11.6 Å². The van der Waals surface area contributed by atoms with Crippen LogP contribution in [0.3, 0.4) is 0 Å². The van der Waals surface area contributed by atoms with Crippen molar-refractivity contribution in [1.82, 2.24) is 4.98 Å². The lowest BCUT2D eigenvalue weighted by molar-refractivity contribution is -0.274. The molecule has 0 aliphatic heterocycles. The molecule has 9 heteroatoms. The number of benzene rings is 2. The molecule has 0 atom stereocenters. The zero-order valence-electron chi connectivity index (χ0n) is 13.8. The van der Waals surface area contributed by atoms with E-state index in [1.807, 2.05) is 0 Å². The SMILES string of the molecule is CC(=O)Nc1c(C(=O)c2ccc(OC(F)(F)F)cc2)[nH]c2cc(Cl)ccc12. The van der Waals surface area contributed by atoms with Gasteiger partial charge in [0.15, 0.2) is 0 Å². The molecule has 0 radical (unpaired) electrons. The highest BCUT2D eigenvalue weighted by molar-refractivity contribution is 6.31. The van der Waals surface area contributed by atoms with Gasteiger partial charge < -0.3 is 15.0 Å². The number of carbonyl (C=O) groups excluding carboxylic acids is 2. The van der Waals surface area contributed by atoms with Crippen LogP contribution in [0.4, 0.5) is 18.9 Å². The van der Waals surface area contributed by atoms with Crippen LogP contribution in [-0.2, 0) is 4.79 Å². The number of carbonyl (C=O) groups is 2. The minimum Gasteiger partial charge on any atom is -0.406 e. The molecule has 5 nitrogen and oxygen atoms in total. The first kappa shape index (κ1) is 18.8. The number of aromatic amines is 1. The number of fused-ring (bicyclic) bond motifs is 1. The van der Waals surface area contributed by atoms with Crippen LogP contribution in [0.15, 0.2) is 42.5 Å². The van der Waals surface area contributed by atoms with E-state index >= 15 is 0 Å². The van der Waals surface area contributed by atoms with Crippen molar-refractivity contribution in [3.05, 3.63) is 58.7 Å². The molecule has 0 bridgehead atoms. The second-order valence-electron chi connectivity index (χ2n) is 5.65. The van der Waals surface area contributed by atoms with Gasteiger partial charge in [-0.15, -0.1) is 13.2 Å². The summed E-state index contributed by atoms with van der Waals surface area (Å²) in [6.45, 7) is 1.30. The van der Waals surface area contributed by atoms with E-state index in [1.54, 1.807) is 18.2 Å². The summed E-state index contributed by atoms with van der Waals surface area (Å²) in [6.07, 6.45) is -4.82. The topological polar surface area (TPSA) is 71.2 Å². The van der Waals surface area contributed by atoms with Gasteiger partial charge >= 0.3 is 6.36 Å². The van der Waals surface area contributed by atoms with Crippen LogP contribution in [0.2, 0.25) is 5.02 Å². The van der Waals surface area contributed by atoms with Crippen LogP contribution in [0.25, 0.3) is 10.9 Å². The summed E-state index contributed by atoms with van der Waals surface area (Å²) >= 11 is 5.95. The third-order valence-corrected chi connectivity index (χ3v) is 3.87. The molecule has 2 aromatic carbocycles. The normalized spacial score (nSPS) is 11.4. The molecule has 0 unspecified atom stereocenters. The van der Waals surface area contributed by atoms with Gasteiger partial charge in [0, 0.05) is 28.4 Å². The van der Waals surface area contributed by atoms with Gasteiger partial charge in [-0.1, -0.05) is 11.6 Å². The molecule has 1 aromatic heterocycles. The molecule has 27 heavy (non-hydrogen) atoms. The predicted molar refractivity (Wildman–Crippen MR) is 94.2 cm³/mol. The summed E-state index contributed by atoms with van der Waals surface area (Å²) in [5.41, 5.74) is 1.02. The number of hydrogen-bond donors (Lipinski definition) is 2. The molecular weight excluding hydrogens is 385 g/mol. The fourth-order valence-corrected chi connectivity index (χ4v) is 2.77. The van der Waals surface area contributed by atoms with E-state index in [0.29, 0.717) is 15.9 Å².